The summed E-state index contributed by atoms with van der Waals surface area (Å²) in [4.78, 5) is 22.0. The van der Waals surface area contributed by atoms with Gasteiger partial charge in [0, 0.05) is 5.92 Å². The fraction of sp³-hybridized carbons (Fsp3) is 0.800. The zero-order chi connectivity index (χ0) is 11.3. The lowest BCUT2D eigenvalue weighted by Crippen LogP contribution is -2.43. The zero-order valence-corrected chi connectivity index (χ0v) is 9.20. The molecule has 0 heterocycles. The van der Waals surface area contributed by atoms with Crippen LogP contribution in [0.15, 0.2) is 0 Å². The zero-order valence-electron chi connectivity index (χ0n) is 9.20. The predicted octanol–water partition coefficient (Wildman–Crippen LogP) is 1.26. The highest BCUT2D eigenvalue weighted by Gasteiger charge is 2.21. The van der Waals surface area contributed by atoms with Crippen molar-refractivity contribution in [3.05, 3.63) is 0 Å². The van der Waals surface area contributed by atoms with Gasteiger partial charge in [0.05, 0.1) is 0 Å². The molecule has 82 valence electrons. The SMILES string of the molecule is CC(C)C[C@@H](NC(=O)C(C)C)C(=O)O. The summed E-state index contributed by atoms with van der Waals surface area (Å²) in [7, 11) is 0. The van der Waals surface area contributed by atoms with Crippen molar-refractivity contribution in [3.63, 3.8) is 0 Å². The Hall–Kier alpha value is -1.06. The van der Waals surface area contributed by atoms with Crippen LogP contribution in [0, 0.1) is 11.8 Å². The number of hydrogen-bond donors (Lipinski definition) is 2. The van der Waals surface area contributed by atoms with Gasteiger partial charge in [-0.1, -0.05) is 27.7 Å². The maximum absolute atomic E-state index is 11.3. The average Bonchev–Trinajstić information content (AvgIpc) is 2.01. The van der Waals surface area contributed by atoms with Crippen LogP contribution in [0.25, 0.3) is 0 Å². The van der Waals surface area contributed by atoms with E-state index in [4.69, 9.17) is 5.11 Å². The Balaban J connectivity index is 4.23. The summed E-state index contributed by atoms with van der Waals surface area (Å²) in [6.45, 7) is 7.34. The molecule has 0 rings (SSSR count). The van der Waals surface area contributed by atoms with E-state index in [1.165, 1.54) is 0 Å². The maximum atomic E-state index is 11.3. The van der Waals surface area contributed by atoms with Gasteiger partial charge >= 0.3 is 5.97 Å². The number of carboxylic acid groups (broad SMARTS) is 1. The van der Waals surface area contributed by atoms with Crippen LogP contribution in [0.2, 0.25) is 0 Å². The molecule has 0 aromatic carbocycles. The summed E-state index contributed by atoms with van der Waals surface area (Å²) in [6.07, 6.45) is 0.466. The number of carbonyl (C=O) groups is 2. The summed E-state index contributed by atoms with van der Waals surface area (Å²) < 4.78 is 0. The van der Waals surface area contributed by atoms with Gasteiger partial charge in [-0.25, -0.2) is 4.79 Å². The molecule has 1 atom stereocenters. The number of hydrogen-bond acceptors (Lipinski definition) is 2. The first kappa shape index (κ1) is 12.9. The summed E-state index contributed by atoms with van der Waals surface area (Å²) in [5.74, 6) is -1.10. The smallest absolute Gasteiger partial charge is 0.326 e. The highest BCUT2D eigenvalue weighted by Crippen LogP contribution is 2.05. The largest absolute Gasteiger partial charge is 0.480 e. The fourth-order valence-corrected chi connectivity index (χ4v) is 1.03. The Bertz CT molecular complexity index is 211. The molecule has 1 amide bonds. The van der Waals surface area contributed by atoms with Crippen molar-refractivity contribution < 1.29 is 14.7 Å². The molecule has 2 N–H and O–H groups in total. The molecule has 0 saturated heterocycles. The molecule has 0 fully saturated rings. The highest BCUT2D eigenvalue weighted by molar-refractivity contribution is 5.84. The van der Waals surface area contributed by atoms with Crippen LogP contribution in [0.4, 0.5) is 0 Å². The molecule has 0 aliphatic rings. The van der Waals surface area contributed by atoms with Gasteiger partial charge < -0.3 is 10.4 Å². The van der Waals surface area contributed by atoms with Gasteiger partial charge in [-0.15, -0.1) is 0 Å². The lowest BCUT2D eigenvalue weighted by atomic mass is 10.0. The first-order valence-electron chi connectivity index (χ1n) is 4.87. The van der Waals surface area contributed by atoms with E-state index in [-0.39, 0.29) is 17.7 Å². The minimum absolute atomic E-state index is 0.177. The Labute approximate surface area is 84.7 Å². The standard InChI is InChI=1S/C10H19NO3/c1-6(2)5-8(10(13)14)11-9(12)7(3)4/h6-8H,5H2,1-4H3,(H,11,12)(H,13,14)/t8-/m1/s1. The summed E-state index contributed by atoms with van der Waals surface area (Å²) in [5.41, 5.74) is 0. The predicted molar refractivity (Wildman–Crippen MR) is 53.9 cm³/mol. The van der Waals surface area contributed by atoms with Gasteiger partial charge in [-0.05, 0) is 12.3 Å². The van der Waals surface area contributed by atoms with E-state index in [0.717, 1.165) is 0 Å². The van der Waals surface area contributed by atoms with Crippen molar-refractivity contribution in [3.8, 4) is 0 Å². The van der Waals surface area contributed by atoms with Gasteiger partial charge in [-0.2, -0.15) is 0 Å². The van der Waals surface area contributed by atoms with Crippen molar-refractivity contribution in [1.82, 2.24) is 5.32 Å². The summed E-state index contributed by atoms with van der Waals surface area (Å²) in [6, 6.07) is -0.759. The average molecular weight is 201 g/mol. The normalized spacial score (nSPS) is 13.0. The third-order valence-electron chi connectivity index (χ3n) is 1.85. The molecule has 4 nitrogen and oxygen atoms in total. The van der Waals surface area contributed by atoms with Gasteiger partial charge in [0.1, 0.15) is 6.04 Å². The van der Waals surface area contributed by atoms with Crippen molar-refractivity contribution in [2.24, 2.45) is 11.8 Å². The fourth-order valence-electron chi connectivity index (χ4n) is 1.03. The van der Waals surface area contributed by atoms with Gasteiger partial charge in [0.25, 0.3) is 0 Å². The van der Waals surface area contributed by atoms with E-state index in [1.54, 1.807) is 13.8 Å². The quantitative estimate of drug-likeness (QED) is 0.703. The molecule has 0 bridgehead atoms. The van der Waals surface area contributed by atoms with E-state index < -0.39 is 12.0 Å². The molecule has 0 radical (unpaired) electrons. The maximum Gasteiger partial charge on any atom is 0.326 e. The van der Waals surface area contributed by atoms with Crippen LogP contribution < -0.4 is 5.32 Å². The molecule has 0 spiro atoms. The highest BCUT2D eigenvalue weighted by atomic mass is 16.4. The Morgan fingerprint density at radius 3 is 2.00 bits per heavy atom. The van der Waals surface area contributed by atoms with Gasteiger partial charge in [-0.3, -0.25) is 4.79 Å². The van der Waals surface area contributed by atoms with Crippen molar-refractivity contribution >= 4 is 11.9 Å². The molecule has 0 aliphatic heterocycles. The van der Waals surface area contributed by atoms with Crippen LogP contribution in [0.5, 0.6) is 0 Å². The second-order valence-corrected chi connectivity index (χ2v) is 4.18. The summed E-state index contributed by atoms with van der Waals surface area (Å²) >= 11 is 0. The van der Waals surface area contributed by atoms with E-state index in [1.807, 2.05) is 13.8 Å². The molecule has 0 saturated carbocycles. The number of carboxylic acids is 1. The summed E-state index contributed by atoms with van der Waals surface area (Å²) in [5, 5.41) is 11.3. The van der Waals surface area contributed by atoms with Crippen molar-refractivity contribution in [1.29, 1.82) is 0 Å². The topological polar surface area (TPSA) is 66.4 Å². The minimum atomic E-state index is -0.965. The van der Waals surface area contributed by atoms with Gasteiger partial charge in [0.15, 0.2) is 0 Å². The molecule has 0 unspecified atom stereocenters. The van der Waals surface area contributed by atoms with Crippen LogP contribution >= 0.6 is 0 Å². The molecule has 0 aliphatic carbocycles. The molecular formula is C10H19NO3. The molecule has 0 aromatic heterocycles. The first-order chi connectivity index (χ1) is 6.34. The first-order valence-corrected chi connectivity index (χ1v) is 4.87. The third-order valence-corrected chi connectivity index (χ3v) is 1.85. The van der Waals surface area contributed by atoms with Crippen LogP contribution in [-0.4, -0.2) is 23.0 Å². The Morgan fingerprint density at radius 1 is 1.21 bits per heavy atom. The van der Waals surface area contributed by atoms with Crippen LogP contribution in [0.3, 0.4) is 0 Å². The Kier molecular flexibility index (Phi) is 5.20. The molecule has 14 heavy (non-hydrogen) atoms. The van der Waals surface area contributed by atoms with Crippen molar-refractivity contribution in [2.75, 3.05) is 0 Å². The van der Waals surface area contributed by atoms with Crippen molar-refractivity contribution in [2.45, 2.75) is 40.2 Å². The van der Waals surface area contributed by atoms with Gasteiger partial charge in [0.2, 0.25) is 5.91 Å². The molecule has 0 aromatic rings. The monoisotopic (exact) mass is 201 g/mol. The number of carbonyl (C=O) groups excluding carboxylic acids is 1. The second-order valence-electron chi connectivity index (χ2n) is 4.18. The van der Waals surface area contributed by atoms with E-state index in [2.05, 4.69) is 5.32 Å². The number of amides is 1. The van der Waals surface area contributed by atoms with E-state index in [9.17, 15) is 9.59 Å². The lowest BCUT2D eigenvalue weighted by Gasteiger charge is -2.17. The third kappa shape index (κ3) is 4.84. The second kappa shape index (κ2) is 5.62. The number of nitrogens with one attached hydrogen (secondary N) is 1. The van der Waals surface area contributed by atoms with Crippen LogP contribution in [-0.2, 0) is 9.59 Å². The minimum Gasteiger partial charge on any atom is -0.480 e. The molecular weight excluding hydrogens is 182 g/mol. The Morgan fingerprint density at radius 2 is 1.71 bits per heavy atom. The number of rotatable bonds is 5. The number of aliphatic carboxylic acids is 1. The molecule has 4 heteroatoms. The van der Waals surface area contributed by atoms with Crippen LogP contribution in [0.1, 0.15) is 34.1 Å². The van der Waals surface area contributed by atoms with E-state index in [0.29, 0.717) is 6.42 Å². The lowest BCUT2D eigenvalue weighted by molar-refractivity contribution is -0.142. The van der Waals surface area contributed by atoms with E-state index >= 15 is 0 Å².